The van der Waals surface area contributed by atoms with Gasteiger partial charge in [-0.25, -0.2) is 0 Å². The van der Waals surface area contributed by atoms with E-state index >= 15 is 0 Å². The molecule has 1 aliphatic heterocycles. The topological polar surface area (TPSA) is 6.48 Å². The fraction of sp³-hybridized carbons (Fsp3) is 0.941. The second-order valence-electron chi connectivity index (χ2n) is 11.8. The summed E-state index contributed by atoms with van der Waals surface area (Å²) >= 11 is 0. The van der Waals surface area contributed by atoms with Crippen LogP contribution >= 0.6 is 0 Å². The SMILES string of the molecule is CCCCCCCCCCCCC1N(CCCCCCCC)C=CN1CCCCCCCCCCC. The smallest absolute Gasteiger partial charge is 0.101 e. The molecule has 0 fully saturated rings. The Morgan fingerprint density at radius 3 is 0.972 bits per heavy atom. The van der Waals surface area contributed by atoms with Crippen LogP contribution in [-0.4, -0.2) is 29.1 Å². The zero-order chi connectivity index (χ0) is 25.9. The van der Waals surface area contributed by atoms with Gasteiger partial charge in [0.25, 0.3) is 0 Å². The average molecular weight is 505 g/mol. The second kappa shape index (κ2) is 26.0. The molecular formula is C34H68N2. The Hall–Kier alpha value is -0.660. The van der Waals surface area contributed by atoms with Crippen LogP contribution in [0, 0.1) is 0 Å². The summed E-state index contributed by atoms with van der Waals surface area (Å²) < 4.78 is 0. The number of rotatable bonds is 28. The van der Waals surface area contributed by atoms with E-state index in [9.17, 15) is 0 Å². The minimum absolute atomic E-state index is 0.642. The minimum Gasteiger partial charge on any atom is -0.356 e. The summed E-state index contributed by atoms with van der Waals surface area (Å²) in [4.78, 5) is 5.40. The van der Waals surface area contributed by atoms with Crippen LogP contribution in [0.1, 0.15) is 188 Å². The summed E-state index contributed by atoms with van der Waals surface area (Å²) in [5.41, 5.74) is 0. The van der Waals surface area contributed by atoms with Crippen molar-refractivity contribution in [1.29, 1.82) is 0 Å². The van der Waals surface area contributed by atoms with Gasteiger partial charge < -0.3 is 9.80 Å². The predicted molar refractivity (Wildman–Crippen MR) is 163 cm³/mol. The number of hydrogen-bond donors (Lipinski definition) is 0. The maximum atomic E-state index is 2.70. The molecule has 0 N–H and O–H groups in total. The molecule has 0 spiro atoms. The first-order chi connectivity index (χ1) is 17.8. The molecule has 0 aromatic carbocycles. The van der Waals surface area contributed by atoms with Crippen LogP contribution in [0.25, 0.3) is 0 Å². The van der Waals surface area contributed by atoms with E-state index in [4.69, 9.17) is 0 Å². The highest BCUT2D eigenvalue weighted by molar-refractivity contribution is 4.97. The molecule has 1 rings (SSSR count). The lowest BCUT2D eigenvalue weighted by Gasteiger charge is -2.33. The standard InChI is InChI=1S/C34H68N2/c1-4-7-10-13-16-18-19-21-23-26-29-34-35(30-27-24-15-12-9-6-3)32-33-36(34)31-28-25-22-20-17-14-11-8-5-2/h32-34H,4-31H2,1-3H3. The van der Waals surface area contributed by atoms with Gasteiger partial charge in [0.2, 0.25) is 0 Å². The van der Waals surface area contributed by atoms with Crippen LogP contribution in [0.3, 0.4) is 0 Å². The number of unbranched alkanes of at least 4 members (excludes halogenated alkanes) is 22. The monoisotopic (exact) mass is 505 g/mol. The van der Waals surface area contributed by atoms with Gasteiger partial charge in [0.1, 0.15) is 6.17 Å². The molecule has 214 valence electrons. The zero-order valence-corrected chi connectivity index (χ0v) is 25.4. The van der Waals surface area contributed by atoms with E-state index in [-0.39, 0.29) is 0 Å². The van der Waals surface area contributed by atoms with Gasteiger partial charge in [-0.1, -0.05) is 162 Å². The molecule has 0 saturated heterocycles. The van der Waals surface area contributed by atoms with E-state index in [1.165, 1.54) is 180 Å². The lowest BCUT2D eigenvalue weighted by Crippen LogP contribution is -2.39. The fourth-order valence-electron chi connectivity index (χ4n) is 5.83. The summed E-state index contributed by atoms with van der Waals surface area (Å²) in [7, 11) is 0. The van der Waals surface area contributed by atoms with E-state index in [0.29, 0.717) is 6.17 Å². The molecular weight excluding hydrogens is 436 g/mol. The maximum absolute atomic E-state index is 2.70. The van der Waals surface area contributed by atoms with Gasteiger partial charge in [0, 0.05) is 25.5 Å². The Bertz CT molecular complexity index is 460. The lowest BCUT2D eigenvalue weighted by molar-refractivity contribution is 0.135. The van der Waals surface area contributed by atoms with Crippen molar-refractivity contribution >= 4 is 0 Å². The summed E-state index contributed by atoms with van der Waals surface area (Å²) in [6.07, 6.45) is 42.5. The molecule has 0 amide bonds. The molecule has 0 aromatic heterocycles. The molecule has 2 nitrogen and oxygen atoms in total. The zero-order valence-electron chi connectivity index (χ0n) is 25.4. The highest BCUT2D eigenvalue weighted by Gasteiger charge is 2.24. The van der Waals surface area contributed by atoms with Crippen LogP contribution in [0.15, 0.2) is 12.4 Å². The first-order valence-corrected chi connectivity index (χ1v) is 17.0. The molecule has 36 heavy (non-hydrogen) atoms. The molecule has 0 bridgehead atoms. The maximum Gasteiger partial charge on any atom is 0.101 e. The van der Waals surface area contributed by atoms with Crippen LogP contribution in [0.2, 0.25) is 0 Å². The highest BCUT2D eigenvalue weighted by Crippen LogP contribution is 2.24. The van der Waals surface area contributed by atoms with Crippen molar-refractivity contribution in [2.75, 3.05) is 13.1 Å². The van der Waals surface area contributed by atoms with Crippen molar-refractivity contribution in [2.45, 2.75) is 194 Å². The van der Waals surface area contributed by atoms with E-state index < -0.39 is 0 Å². The van der Waals surface area contributed by atoms with E-state index in [1.54, 1.807) is 0 Å². The summed E-state index contributed by atoms with van der Waals surface area (Å²) in [5, 5.41) is 0. The Balaban J connectivity index is 2.25. The van der Waals surface area contributed by atoms with Crippen molar-refractivity contribution in [3.8, 4) is 0 Å². The molecule has 1 unspecified atom stereocenters. The van der Waals surface area contributed by atoms with Gasteiger partial charge >= 0.3 is 0 Å². The third-order valence-electron chi connectivity index (χ3n) is 8.32. The second-order valence-corrected chi connectivity index (χ2v) is 11.8. The summed E-state index contributed by atoms with van der Waals surface area (Å²) in [6.45, 7) is 9.47. The first-order valence-electron chi connectivity index (χ1n) is 17.0. The molecule has 1 aliphatic rings. The predicted octanol–water partition coefficient (Wildman–Crippen LogP) is 11.6. The lowest BCUT2D eigenvalue weighted by atomic mass is 10.0. The molecule has 2 heteroatoms. The third-order valence-corrected chi connectivity index (χ3v) is 8.32. The first kappa shape index (κ1) is 33.4. The highest BCUT2D eigenvalue weighted by atomic mass is 15.4. The largest absolute Gasteiger partial charge is 0.356 e. The van der Waals surface area contributed by atoms with Crippen molar-refractivity contribution in [1.82, 2.24) is 9.80 Å². The summed E-state index contributed by atoms with van der Waals surface area (Å²) in [6, 6.07) is 0. The summed E-state index contributed by atoms with van der Waals surface area (Å²) in [5.74, 6) is 0. The van der Waals surface area contributed by atoms with E-state index in [1.807, 2.05) is 0 Å². The molecule has 0 saturated carbocycles. The Kier molecular flexibility index (Phi) is 24.1. The van der Waals surface area contributed by atoms with Crippen LogP contribution < -0.4 is 0 Å². The van der Waals surface area contributed by atoms with Gasteiger partial charge in [0.05, 0.1) is 0 Å². The van der Waals surface area contributed by atoms with E-state index in [0.717, 1.165) is 0 Å². The van der Waals surface area contributed by atoms with Crippen LogP contribution in [0.4, 0.5) is 0 Å². The van der Waals surface area contributed by atoms with Crippen molar-refractivity contribution < 1.29 is 0 Å². The van der Waals surface area contributed by atoms with Gasteiger partial charge in [-0.05, 0) is 25.7 Å². The normalized spacial score (nSPS) is 15.5. The molecule has 1 atom stereocenters. The third kappa shape index (κ3) is 18.6. The molecule has 1 heterocycles. The van der Waals surface area contributed by atoms with Gasteiger partial charge in [0.15, 0.2) is 0 Å². The van der Waals surface area contributed by atoms with Gasteiger partial charge in [-0.15, -0.1) is 0 Å². The fourth-order valence-corrected chi connectivity index (χ4v) is 5.83. The molecule has 0 aliphatic carbocycles. The van der Waals surface area contributed by atoms with Crippen molar-refractivity contribution in [3.05, 3.63) is 12.4 Å². The van der Waals surface area contributed by atoms with Crippen molar-refractivity contribution in [2.24, 2.45) is 0 Å². The van der Waals surface area contributed by atoms with Gasteiger partial charge in [-0.3, -0.25) is 0 Å². The van der Waals surface area contributed by atoms with E-state index in [2.05, 4.69) is 43.0 Å². The molecule has 0 radical (unpaired) electrons. The van der Waals surface area contributed by atoms with Gasteiger partial charge in [-0.2, -0.15) is 0 Å². The van der Waals surface area contributed by atoms with Crippen LogP contribution in [-0.2, 0) is 0 Å². The Labute approximate surface area is 229 Å². The van der Waals surface area contributed by atoms with Crippen molar-refractivity contribution in [3.63, 3.8) is 0 Å². The quantitative estimate of drug-likeness (QED) is 0.0977. The number of nitrogens with zero attached hydrogens (tertiary/aromatic N) is 2. The minimum atomic E-state index is 0.642. The average Bonchev–Trinajstić information content (AvgIpc) is 3.27. The number of hydrogen-bond acceptors (Lipinski definition) is 2. The Morgan fingerprint density at radius 2 is 0.639 bits per heavy atom. The van der Waals surface area contributed by atoms with Crippen LogP contribution in [0.5, 0.6) is 0 Å². The molecule has 0 aromatic rings. The Morgan fingerprint density at radius 1 is 0.361 bits per heavy atom.